The van der Waals surface area contributed by atoms with Crippen LogP contribution in [0.2, 0.25) is 0 Å². The lowest BCUT2D eigenvalue weighted by molar-refractivity contribution is 0.0822. The summed E-state index contributed by atoms with van der Waals surface area (Å²) in [7, 11) is 3.31. The van der Waals surface area contributed by atoms with Crippen LogP contribution in [-0.4, -0.2) is 64.0 Å². The molecular weight excluding hydrogens is 336 g/mol. The molecule has 3 amide bonds. The van der Waals surface area contributed by atoms with Gasteiger partial charge in [-0.3, -0.25) is 9.78 Å². The van der Waals surface area contributed by atoms with Crippen LogP contribution in [0.15, 0.2) is 22.9 Å². The molecule has 0 aliphatic carbocycles. The second-order valence-electron chi connectivity index (χ2n) is 6.52. The highest BCUT2D eigenvalue weighted by Gasteiger charge is 2.28. The highest BCUT2D eigenvalue weighted by Crippen LogP contribution is 2.26. The number of aromatic nitrogens is 3. The van der Waals surface area contributed by atoms with Crippen LogP contribution in [0.5, 0.6) is 0 Å². The maximum absolute atomic E-state index is 12.6. The Morgan fingerprint density at radius 2 is 2.19 bits per heavy atom. The van der Waals surface area contributed by atoms with Crippen molar-refractivity contribution >= 4 is 17.6 Å². The topological polar surface area (TPSA) is 104 Å². The maximum Gasteiger partial charge on any atom is 0.321 e. The van der Waals surface area contributed by atoms with Crippen molar-refractivity contribution in [3.8, 4) is 0 Å². The zero-order chi connectivity index (χ0) is 18.7. The molecule has 9 nitrogen and oxygen atoms in total. The number of anilines is 1. The van der Waals surface area contributed by atoms with E-state index < -0.39 is 0 Å². The standard InChI is InChI=1S/C17H22N6O3/c1-11-19-15(26-21-11)12-5-4-8-23(10-12)17(25)20-13-6-7-18-14(9-13)16(24)22(2)3/h6-7,9,12H,4-5,8,10H2,1-3H3,(H,18,20,25). The minimum Gasteiger partial charge on any atom is -0.343 e. The molecule has 9 heteroatoms. The van der Waals surface area contributed by atoms with Crippen LogP contribution in [0.25, 0.3) is 0 Å². The number of carbonyl (C=O) groups excluding carboxylic acids is 2. The summed E-state index contributed by atoms with van der Waals surface area (Å²) in [4.78, 5) is 36.1. The van der Waals surface area contributed by atoms with Crippen molar-refractivity contribution in [2.45, 2.75) is 25.7 Å². The fraction of sp³-hybridized carbons (Fsp3) is 0.471. The lowest BCUT2D eigenvalue weighted by atomic mass is 9.98. The van der Waals surface area contributed by atoms with E-state index in [1.54, 1.807) is 38.1 Å². The minimum atomic E-state index is -0.222. The summed E-state index contributed by atoms with van der Waals surface area (Å²) in [5.41, 5.74) is 0.816. The van der Waals surface area contributed by atoms with Gasteiger partial charge < -0.3 is 19.6 Å². The van der Waals surface area contributed by atoms with E-state index in [0.29, 0.717) is 30.5 Å². The number of likely N-dealkylation sites (tertiary alicyclic amines) is 1. The first kappa shape index (κ1) is 17.8. The monoisotopic (exact) mass is 358 g/mol. The van der Waals surface area contributed by atoms with E-state index in [2.05, 4.69) is 20.4 Å². The Bertz CT molecular complexity index is 803. The summed E-state index contributed by atoms with van der Waals surface area (Å²) in [6, 6.07) is 3.01. The van der Waals surface area contributed by atoms with Gasteiger partial charge in [0.25, 0.3) is 5.91 Å². The third-order valence-electron chi connectivity index (χ3n) is 4.24. The Kier molecular flexibility index (Phi) is 5.15. The molecule has 0 aromatic carbocycles. The summed E-state index contributed by atoms with van der Waals surface area (Å²) < 4.78 is 5.24. The molecule has 0 radical (unpaired) electrons. The highest BCUT2D eigenvalue weighted by atomic mass is 16.5. The Labute approximate surface area is 151 Å². The number of aryl methyl sites for hydroxylation is 1. The van der Waals surface area contributed by atoms with Crippen LogP contribution in [0.4, 0.5) is 10.5 Å². The van der Waals surface area contributed by atoms with E-state index in [9.17, 15) is 9.59 Å². The Hall–Kier alpha value is -2.97. The molecule has 1 saturated heterocycles. The van der Waals surface area contributed by atoms with Crippen LogP contribution in [0, 0.1) is 6.92 Å². The molecule has 1 atom stereocenters. The second kappa shape index (κ2) is 7.51. The molecule has 1 aliphatic heterocycles. The zero-order valence-corrected chi connectivity index (χ0v) is 15.1. The van der Waals surface area contributed by atoms with E-state index in [0.717, 1.165) is 12.8 Å². The number of hydrogen-bond donors (Lipinski definition) is 1. The van der Waals surface area contributed by atoms with E-state index in [1.807, 2.05) is 0 Å². The van der Waals surface area contributed by atoms with Gasteiger partial charge in [0.2, 0.25) is 5.89 Å². The number of nitrogens with one attached hydrogen (secondary N) is 1. The van der Waals surface area contributed by atoms with Crippen molar-refractivity contribution in [2.24, 2.45) is 0 Å². The molecule has 1 fully saturated rings. The maximum atomic E-state index is 12.6. The number of pyridine rings is 1. The first-order chi connectivity index (χ1) is 12.4. The van der Waals surface area contributed by atoms with Crippen LogP contribution >= 0.6 is 0 Å². The molecule has 2 aromatic rings. The average Bonchev–Trinajstić information content (AvgIpc) is 3.08. The second-order valence-corrected chi connectivity index (χ2v) is 6.52. The molecule has 1 N–H and O–H groups in total. The number of rotatable bonds is 3. The summed E-state index contributed by atoms with van der Waals surface area (Å²) in [6.45, 7) is 2.95. The molecule has 26 heavy (non-hydrogen) atoms. The van der Waals surface area contributed by atoms with Gasteiger partial charge >= 0.3 is 6.03 Å². The molecule has 0 bridgehead atoms. The lowest BCUT2D eigenvalue weighted by Gasteiger charge is -2.31. The van der Waals surface area contributed by atoms with Crippen LogP contribution in [0.3, 0.4) is 0 Å². The van der Waals surface area contributed by atoms with Crippen molar-refractivity contribution < 1.29 is 14.1 Å². The molecule has 0 saturated carbocycles. The average molecular weight is 358 g/mol. The van der Waals surface area contributed by atoms with Gasteiger partial charge in [0.05, 0.1) is 5.92 Å². The molecule has 3 rings (SSSR count). The Morgan fingerprint density at radius 3 is 2.88 bits per heavy atom. The van der Waals surface area contributed by atoms with Crippen LogP contribution in [-0.2, 0) is 0 Å². The van der Waals surface area contributed by atoms with Crippen molar-refractivity contribution in [1.82, 2.24) is 24.9 Å². The quantitative estimate of drug-likeness (QED) is 0.898. The van der Waals surface area contributed by atoms with Crippen molar-refractivity contribution in [1.29, 1.82) is 0 Å². The summed E-state index contributed by atoms with van der Waals surface area (Å²) in [6.07, 6.45) is 3.27. The molecule has 1 aliphatic rings. The number of piperidine rings is 1. The van der Waals surface area contributed by atoms with Gasteiger partial charge in [-0.25, -0.2) is 4.79 Å². The van der Waals surface area contributed by atoms with Gasteiger partial charge in [-0.2, -0.15) is 4.98 Å². The first-order valence-electron chi connectivity index (χ1n) is 8.48. The molecule has 3 heterocycles. The van der Waals surface area contributed by atoms with Crippen LogP contribution in [0.1, 0.15) is 41.0 Å². The largest absolute Gasteiger partial charge is 0.343 e. The Balaban J connectivity index is 1.66. The van der Waals surface area contributed by atoms with Gasteiger partial charge in [-0.1, -0.05) is 5.16 Å². The third kappa shape index (κ3) is 3.98. The smallest absolute Gasteiger partial charge is 0.321 e. The molecule has 2 aromatic heterocycles. The fourth-order valence-corrected chi connectivity index (χ4v) is 2.90. The number of nitrogens with zero attached hydrogens (tertiary/aromatic N) is 5. The molecular formula is C17H22N6O3. The van der Waals surface area contributed by atoms with Gasteiger partial charge in [0.1, 0.15) is 5.69 Å². The van der Waals surface area contributed by atoms with E-state index in [-0.39, 0.29) is 23.6 Å². The number of hydrogen-bond acceptors (Lipinski definition) is 6. The predicted molar refractivity (Wildman–Crippen MR) is 93.9 cm³/mol. The summed E-state index contributed by atoms with van der Waals surface area (Å²) in [5.74, 6) is 0.990. The molecule has 1 unspecified atom stereocenters. The van der Waals surface area contributed by atoms with E-state index >= 15 is 0 Å². The zero-order valence-electron chi connectivity index (χ0n) is 15.1. The van der Waals surface area contributed by atoms with Crippen molar-refractivity contribution in [3.63, 3.8) is 0 Å². The van der Waals surface area contributed by atoms with Gasteiger partial charge in [-0.15, -0.1) is 0 Å². The highest BCUT2D eigenvalue weighted by molar-refractivity contribution is 5.95. The lowest BCUT2D eigenvalue weighted by Crippen LogP contribution is -2.41. The fourth-order valence-electron chi connectivity index (χ4n) is 2.90. The van der Waals surface area contributed by atoms with Crippen molar-refractivity contribution in [3.05, 3.63) is 35.7 Å². The Morgan fingerprint density at radius 1 is 1.38 bits per heavy atom. The number of amides is 3. The van der Waals surface area contributed by atoms with E-state index in [4.69, 9.17) is 4.52 Å². The van der Waals surface area contributed by atoms with E-state index in [1.165, 1.54) is 11.1 Å². The van der Waals surface area contributed by atoms with Crippen LogP contribution < -0.4 is 5.32 Å². The van der Waals surface area contributed by atoms with Gasteiger partial charge in [0, 0.05) is 39.1 Å². The SMILES string of the molecule is Cc1noc(C2CCCN(C(=O)Nc3ccnc(C(=O)N(C)C)c3)C2)n1. The molecule has 0 spiro atoms. The summed E-state index contributed by atoms with van der Waals surface area (Å²) in [5, 5.41) is 6.65. The number of carbonyl (C=O) groups is 2. The first-order valence-corrected chi connectivity index (χ1v) is 8.48. The minimum absolute atomic E-state index is 0.0408. The number of urea groups is 1. The normalized spacial score (nSPS) is 17.0. The third-order valence-corrected chi connectivity index (χ3v) is 4.24. The summed E-state index contributed by atoms with van der Waals surface area (Å²) >= 11 is 0. The molecule has 138 valence electrons. The van der Waals surface area contributed by atoms with Gasteiger partial charge in [-0.05, 0) is 31.9 Å². The van der Waals surface area contributed by atoms with Crippen molar-refractivity contribution in [2.75, 3.05) is 32.5 Å². The predicted octanol–water partition coefficient (Wildman–Crippen LogP) is 1.89. The van der Waals surface area contributed by atoms with Gasteiger partial charge in [0.15, 0.2) is 5.82 Å².